The predicted molar refractivity (Wildman–Crippen MR) is 94.8 cm³/mol. The molecule has 2 aromatic rings. The van der Waals surface area contributed by atoms with Crippen molar-refractivity contribution in [2.45, 2.75) is 25.6 Å². The minimum absolute atomic E-state index is 0.247. The highest BCUT2D eigenvalue weighted by Gasteiger charge is 2.42. The van der Waals surface area contributed by atoms with E-state index in [1.54, 1.807) is 44.2 Å². The molecule has 0 aliphatic carbocycles. The largest absolute Gasteiger partial charge is 0.460 e. The van der Waals surface area contributed by atoms with Crippen molar-refractivity contribution in [2.75, 3.05) is 0 Å². The third-order valence-electron chi connectivity index (χ3n) is 3.24. The molecule has 0 saturated carbocycles. The quantitative estimate of drug-likeness (QED) is 0.716. The van der Waals surface area contributed by atoms with Crippen LogP contribution in [0.5, 0.6) is 0 Å². The van der Waals surface area contributed by atoms with Gasteiger partial charge in [0, 0.05) is 10.0 Å². The second-order valence-corrected chi connectivity index (χ2v) is 7.03. The Bertz CT molecular complexity index is 716. The van der Waals surface area contributed by atoms with Crippen molar-refractivity contribution in [3.05, 3.63) is 68.1 Å². The monoisotopic (exact) mass is 416 g/mol. The molecule has 1 atom stereocenters. The second kappa shape index (κ2) is 7.22. The molecule has 1 unspecified atom stereocenters. The maximum atomic E-state index is 12.6. The molecule has 2 aromatic carbocycles. The molecule has 2 rings (SSSR count). The summed E-state index contributed by atoms with van der Waals surface area (Å²) in [6, 6.07) is 11.3. The van der Waals surface area contributed by atoms with Crippen LogP contribution in [0.1, 0.15) is 25.0 Å². The number of ether oxygens (including phenoxy) is 1. The van der Waals surface area contributed by atoms with Crippen molar-refractivity contribution < 1.29 is 14.6 Å². The number of carbonyl (C=O) groups is 1. The van der Waals surface area contributed by atoms with Crippen LogP contribution in [0.4, 0.5) is 0 Å². The normalized spacial score (nSPS) is 13.7. The van der Waals surface area contributed by atoms with Crippen LogP contribution in [0, 0.1) is 0 Å². The van der Waals surface area contributed by atoms with E-state index in [1.807, 2.05) is 0 Å². The van der Waals surface area contributed by atoms with Crippen LogP contribution in [-0.4, -0.2) is 17.2 Å². The van der Waals surface area contributed by atoms with Gasteiger partial charge < -0.3 is 9.84 Å². The average molecular weight is 418 g/mol. The van der Waals surface area contributed by atoms with Crippen molar-refractivity contribution in [3.63, 3.8) is 0 Å². The number of hydrogen-bond acceptors (Lipinski definition) is 3. The van der Waals surface area contributed by atoms with Crippen LogP contribution in [0.2, 0.25) is 10.0 Å². The lowest BCUT2D eigenvalue weighted by Crippen LogP contribution is -2.39. The summed E-state index contributed by atoms with van der Waals surface area (Å²) in [6.45, 7) is 3.43. The molecule has 0 aromatic heterocycles. The van der Waals surface area contributed by atoms with Gasteiger partial charge in [-0.3, -0.25) is 0 Å². The molecular weight excluding hydrogens is 403 g/mol. The number of aliphatic hydroxyl groups is 1. The molecule has 0 aliphatic rings. The molecule has 3 nitrogen and oxygen atoms in total. The fourth-order valence-electron chi connectivity index (χ4n) is 2.11. The van der Waals surface area contributed by atoms with Crippen LogP contribution in [0.3, 0.4) is 0 Å². The Morgan fingerprint density at radius 1 is 1.09 bits per heavy atom. The van der Waals surface area contributed by atoms with Crippen molar-refractivity contribution in [1.29, 1.82) is 0 Å². The summed E-state index contributed by atoms with van der Waals surface area (Å²) in [7, 11) is 0. The number of rotatable bonds is 4. The maximum absolute atomic E-state index is 12.6. The lowest BCUT2D eigenvalue weighted by molar-refractivity contribution is -0.166. The molecule has 6 heteroatoms. The van der Waals surface area contributed by atoms with Crippen LogP contribution in [0.25, 0.3) is 0 Å². The highest BCUT2D eigenvalue weighted by molar-refractivity contribution is 9.10. The Morgan fingerprint density at radius 3 is 2.17 bits per heavy atom. The first-order valence-corrected chi connectivity index (χ1v) is 8.45. The lowest BCUT2D eigenvalue weighted by Gasteiger charge is -2.28. The Morgan fingerprint density at radius 2 is 1.65 bits per heavy atom. The van der Waals surface area contributed by atoms with E-state index in [0.717, 1.165) is 4.47 Å². The standard InChI is InChI=1S/C17H15BrCl2O3/c1-10(2)23-16(21)17(22,11-3-6-13(18)7-4-11)12-5-8-14(19)15(20)9-12/h3-10,22H,1-2H3. The number of halogens is 3. The summed E-state index contributed by atoms with van der Waals surface area (Å²) in [5.41, 5.74) is -1.30. The molecule has 1 N–H and O–H groups in total. The third kappa shape index (κ3) is 3.89. The van der Waals surface area contributed by atoms with Crippen LogP contribution >= 0.6 is 39.1 Å². The minimum atomic E-state index is -1.97. The first kappa shape index (κ1) is 18.3. The molecule has 122 valence electrons. The van der Waals surface area contributed by atoms with Gasteiger partial charge in [0.25, 0.3) is 0 Å². The molecule has 0 fully saturated rings. The fourth-order valence-corrected chi connectivity index (χ4v) is 2.68. The number of benzene rings is 2. The SMILES string of the molecule is CC(C)OC(=O)C(O)(c1ccc(Br)cc1)c1ccc(Cl)c(Cl)c1. The van der Waals surface area contributed by atoms with Crippen molar-refractivity contribution >= 4 is 45.1 Å². The number of esters is 1. The second-order valence-electron chi connectivity index (χ2n) is 5.30. The summed E-state index contributed by atoms with van der Waals surface area (Å²) in [6.07, 6.45) is -0.368. The number of carbonyl (C=O) groups excluding carboxylic acids is 1. The fraction of sp³-hybridized carbons (Fsp3) is 0.235. The highest BCUT2D eigenvalue weighted by atomic mass is 79.9. The van der Waals surface area contributed by atoms with Crippen LogP contribution in [0.15, 0.2) is 46.9 Å². The minimum Gasteiger partial charge on any atom is -0.460 e. The molecule has 0 saturated heterocycles. The first-order valence-electron chi connectivity index (χ1n) is 6.90. The predicted octanol–water partition coefficient (Wildman–Crippen LogP) is 4.94. The third-order valence-corrected chi connectivity index (χ3v) is 4.51. The van der Waals surface area contributed by atoms with Gasteiger partial charge in [-0.15, -0.1) is 0 Å². The highest BCUT2D eigenvalue weighted by Crippen LogP contribution is 2.35. The smallest absolute Gasteiger partial charge is 0.347 e. The van der Waals surface area contributed by atoms with Gasteiger partial charge >= 0.3 is 5.97 Å². The van der Waals surface area contributed by atoms with Gasteiger partial charge in [0.1, 0.15) is 0 Å². The van der Waals surface area contributed by atoms with Gasteiger partial charge in [0.15, 0.2) is 0 Å². The average Bonchev–Trinajstić information content (AvgIpc) is 2.49. The summed E-state index contributed by atoms with van der Waals surface area (Å²) in [5, 5.41) is 11.8. The summed E-state index contributed by atoms with van der Waals surface area (Å²) in [4.78, 5) is 12.6. The molecule has 0 amide bonds. The van der Waals surface area contributed by atoms with E-state index in [2.05, 4.69) is 15.9 Å². The molecule has 0 aliphatic heterocycles. The molecule has 0 spiro atoms. The lowest BCUT2D eigenvalue weighted by atomic mass is 9.86. The van der Waals surface area contributed by atoms with E-state index < -0.39 is 11.6 Å². The van der Waals surface area contributed by atoms with Crippen molar-refractivity contribution in [2.24, 2.45) is 0 Å². The Hall–Kier alpha value is -1.07. The zero-order chi connectivity index (χ0) is 17.2. The van der Waals surface area contributed by atoms with Crippen molar-refractivity contribution in [1.82, 2.24) is 0 Å². The summed E-state index contributed by atoms with van der Waals surface area (Å²) in [5.74, 6) is -0.770. The van der Waals surface area contributed by atoms with Gasteiger partial charge in [-0.2, -0.15) is 0 Å². The number of hydrogen-bond donors (Lipinski definition) is 1. The van der Waals surface area contributed by atoms with Crippen LogP contribution in [-0.2, 0) is 15.1 Å². The van der Waals surface area contributed by atoms with Gasteiger partial charge in [-0.25, -0.2) is 4.79 Å². The molecular formula is C17H15BrCl2O3. The van der Waals surface area contributed by atoms with E-state index in [-0.39, 0.29) is 11.1 Å². The van der Waals surface area contributed by atoms with Gasteiger partial charge in [-0.05, 0) is 43.7 Å². The van der Waals surface area contributed by atoms with E-state index >= 15 is 0 Å². The van der Waals surface area contributed by atoms with Gasteiger partial charge in [0.2, 0.25) is 5.60 Å². The molecule has 0 radical (unpaired) electrons. The molecule has 23 heavy (non-hydrogen) atoms. The zero-order valence-electron chi connectivity index (χ0n) is 12.5. The van der Waals surface area contributed by atoms with Crippen LogP contribution < -0.4 is 0 Å². The van der Waals surface area contributed by atoms with E-state index in [9.17, 15) is 9.90 Å². The van der Waals surface area contributed by atoms with Crippen molar-refractivity contribution in [3.8, 4) is 0 Å². The zero-order valence-corrected chi connectivity index (χ0v) is 15.6. The molecule has 0 bridgehead atoms. The first-order chi connectivity index (χ1) is 10.7. The van der Waals surface area contributed by atoms with E-state index in [4.69, 9.17) is 27.9 Å². The summed E-state index contributed by atoms with van der Waals surface area (Å²) < 4.78 is 6.08. The van der Waals surface area contributed by atoms with E-state index in [1.165, 1.54) is 12.1 Å². The Kier molecular flexibility index (Phi) is 5.74. The maximum Gasteiger partial charge on any atom is 0.347 e. The molecule has 0 heterocycles. The Labute approximate surface area is 153 Å². The van der Waals surface area contributed by atoms with Gasteiger partial charge in [-0.1, -0.05) is 57.3 Å². The summed E-state index contributed by atoms with van der Waals surface area (Å²) >= 11 is 15.3. The Balaban J connectivity index is 2.60. The topological polar surface area (TPSA) is 46.5 Å². The van der Waals surface area contributed by atoms with E-state index in [0.29, 0.717) is 16.1 Å². The van der Waals surface area contributed by atoms with Gasteiger partial charge in [0.05, 0.1) is 16.1 Å².